The first-order chi connectivity index (χ1) is 13.8. The van der Waals surface area contributed by atoms with E-state index >= 15 is 0 Å². The van der Waals surface area contributed by atoms with Crippen molar-refractivity contribution in [2.45, 2.75) is 6.54 Å². The fraction of sp³-hybridized carbons (Fsp3) is 0.0417. The minimum absolute atomic E-state index is 0.0138. The first-order valence-electron chi connectivity index (χ1n) is 9.17. The van der Waals surface area contributed by atoms with Crippen molar-refractivity contribution in [1.82, 2.24) is 0 Å². The zero-order chi connectivity index (χ0) is 19.3. The van der Waals surface area contributed by atoms with Crippen LogP contribution < -0.4 is 10.4 Å². The van der Waals surface area contributed by atoms with Crippen molar-refractivity contribution >= 4 is 28.9 Å². The molecule has 0 aliphatic carbocycles. The van der Waals surface area contributed by atoms with Crippen LogP contribution in [0.4, 0.5) is 11.4 Å². The van der Waals surface area contributed by atoms with Gasteiger partial charge in [-0.15, -0.1) is 0 Å². The Labute approximate surface area is 164 Å². The molecule has 0 fully saturated rings. The standard InChI is InChI=1S/C24H20N2O2/c27-24-22(11-6-9-18-13-15-20(25-28)16-14-18)21-10-4-5-12-23(21)26(24)17-19-7-2-1-3-8-19/h1-16,25,28H,17H2/p+1/b9-6+,22-11-. The third-order valence-corrected chi connectivity index (χ3v) is 4.78. The fourth-order valence-corrected chi connectivity index (χ4v) is 3.34. The molecule has 138 valence electrons. The third kappa shape index (κ3) is 3.64. The van der Waals surface area contributed by atoms with Crippen molar-refractivity contribution in [3.63, 3.8) is 0 Å². The summed E-state index contributed by atoms with van der Waals surface area (Å²) in [6, 6.07) is 25.4. The van der Waals surface area contributed by atoms with Gasteiger partial charge in [0.15, 0.2) is 5.69 Å². The highest BCUT2D eigenvalue weighted by Crippen LogP contribution is 2.37. The Bertz CT molecular complexity index is 1040. The Hall–Kier alpha value is -3.47. The van der Waals surface area contributed by atoms with Gasteiger partial charge in [0.2, 0.25) is 0 Å². The molecule has 0 atom stereocenters. The van der Waals surface area contributed by atoms with Crippen molar-refractivity contribution in [1.29, 1.82) is 0 Å². The van der Waals surface area contributed by atoms with E-state index in [1.54, 1.807) is 0 Å². The molecule has 3 aromatic rings. The van der Waals surface area contributed by atoms with Gasteiger partial charge in [-0.1, -0.05) is 60.7 Å². The van der Waals surface area contributed by atoms with E-state index in [1.165, 1.54) is 0 Å². The van der Waals surface area contributed by atoms with Crippen LogP contribution in [0.2, 0.25) is 0 Å². The summed E-state index contributed by atoms with van der Waals surface area (Å²) in [6.45, 7) is 0.552. The smallest absolute Gasteiger partial charge is 0.259 e. The number of hydrogen-bond acceptors (Lipinski definition) is 2. The molecule has 3 N–H and O–H groups in total. The van der Waals surface area contributed by atoms with Crippen LogP contribution in [0.5, 0.6) is 0 Å². The lowest BCUT2D eigenvalue weighted by Crippen LogP contribution is -2.73. The number of hydrogen-bond donors (Lipinski definition) is 2. The summed E-state index contributed by atoms with van der Waals surface area (Å²) in [6.07, 6.45) is 5.72. The number of quaternary nitrogens is 1. The highest BCUT2D eigenvalue weighted by Gasteiger charge is 2.31. The van der Waals surface area contributed by atoms with Crippen LogP contribution >= 0.6 is 0 Å². The molecule has 1 amide bonds. The second kappa shape index (κ2) is 8.05. The summed E-state index contributed by atoms with van der Waals surface area (Å²) in [5.74, 6) is 0.0138. The van der Waals surface area contributed by atoms with Crippen LogP contribution in [0, 0.1) is 0 Å². The number of fused-ring (bicyclic) bond motifs is 1. The maximum absolute atomic E-state index is 13.1. The predicted octanol–water partition coefficient (Wildman–Crippen LogP) is 3.91. The van der Waals surface area contributed by atoms with Gasteiger partial charge in [-0.2, -0.15) is 5.48 Å². The highest BCUT2D eigenvalue weighted by molar-refractivity contribution is 6.32. The van der Waals surface area contributed by atoms with Crippen molar-refractivity contribution in [2.24, 2.45) is 0 Å². The fourth-order valence-electron chi connectivity index (χ4n) is 3.34. The van der Waals surface area contributed by atoms with Crippen LogP contribution in [0.15, 0.2) is 91.0 Å². The Balaban J connectivity index is 1.61. The molecule has 1 aliphatic rings. The van der Waals surface area contributed by atoms with Crippen molar-refractivity contribution in [3.8, 4) is 0 Å². The number of carbonyl (C=O) groups is 1. The Kier molecular flexibility index (Phi) is 5.15. The van der Waals surface area contributed by atoms with E-state index in [0.717, 1.165) is 33.5 Å². The summed E-state index contributed by atoms with van der Waals surface area (Å²) in [5.41, 5.74) is 6.53. The lowest BCUT2D eigenvalue weighted by atomic mass is 10.1. The van der Waals surface area contributed by atoms with E-state index in [1.807, 2.05) is 102 Å². The van der Waals surface area contributed by atoms with Crippen LogP contribution in [0.25, 0.3) is 11.6 Å². The zero-order valence-corrected chi connectivity index (χ0v) is 15.3. The van der Waals surface area contributed by atoms with Gasteiger partial charge in [0, 0.05) is 23.3 Å². The number of nitrogens with zero attached hydrogens (tertiary/aromatic N) is 1. The van der Waals surface area contributed by atoms with Crippen LogP contribution in [0.1, 0.15) is 16.7 Å². The second-order valence-electron chi connectivity index (χ2n) is 6.63. The Morgan fingerprint density at radius 1 is 0.893 bits per heavy atom. The van der Waals surface area contributed by atoms with Crippen LogP contribution in [-0.2, 0) is 11.3 Å². The number of nitrogens with two attached hydrogens (primary N) is 1. The summed E-state index contributed by atoms with van der Waals surface area (Å²) in [5, 5.41) is 9.01. The average Bonchev–Trinajstić information content (AvgIpc) is 3.01. The largest absolute Gasteiger partial charge is 0.303 e. The molecule has 0 spiro atoms. The van der Waals surface area contributed by atoms with Crippen molar-refractivity contribution in [3.05, 3.63) is 108 Å². The monoisotopic (exact) mass is 369 g/mol. The molecule has 4 rings (SSSR count). The molecule has 4 nitrogen and oxygen atoms in total. The molecule has 28 heavy (non-hydrogen) atoms. The number of anilines is 1. The molecule has 1 aliphatic heterocycles. The van der Waals surface area contributed by atoms with Gasteiger partial charge in [-0.3, -0.25) is 4.79 Å². The number of carbonyl (C=O) groups excluding carboxylic acids is 1. The number of rotatable bonds is 5. The Morgan fingerprint density at radius 3 is 2.36 bits per heavy atom. The number of benzene rings is 3. The lowest BCUT2D eigenvalue weighted by Gasteiger charge is -2.17. The second-order valence-corrected chi connectivity index (χ2v) is 6.63. The van der Waals surface area contributed by atoms with Gasteiger partial charge >= 0.3 is 0 Å². The minimum Gasteiger partial charge on any atom is -0.303 e. The predicted molar refractivity (Wildman–Crippen MR) is 111 cm³/mol. The van der Waals surface area contributed by atoms with Crippen molar-refractivity contribution < 1.29 is 15.5 Å². The van der Waals surface area contributed by atoms with E-state index in [0.29, 0.717) is 12.1 Å². The van der Waals surface area contributed by atoms with Crippen molar-refractivity contribution in [2.75, 3.05) is 4.90 Å². The lowest BCUT2D eigenvalue weighted by molar-refractivity contribution is -0.825. The normalized spacial score (nSPS) is 14.8. The topological polar surface area (TPSA) is 57.1 Å². The molecule has 4 heteroatoms. The zero-order valence-electron chi connectivity index (χ0n) is 15.3. The summed E-state index contributed by atoms with van der Waals surface area (Å²) in [4.78, 5) is 14.9. The molecule has 3 aromatic carbocycles. The number of para-hydroxylation sites is 1. The Morgan fingerprint density at radius 2 is 1.61 bits per heavy atom. The van der Waals surface area contributed by atoms with Crippen LogP contribution in [-0.4, -0.2) is 11.1 Å². The van der Waals surface area contributed by atoms with E-state index in [9.17, 15) is 4.79 Å². The van der Waals surface area contributed by atoms with E-state index in [2.05, 4.69) is 0 Å². The maximum Gasteiger partial charge on any atom is 0.259 e. The van der Waals surface area contributed by atoms with Gasteiger partial charge in [0.25, 0.3) is 5.91 Å². The van der Waals surface area contributed by atoms with Gasteiger partial charge < -0.3 is 4.90 Å². The van der Waals surface area contributed by atoms with E-state index < -0.39 is 0 Å². The van der Waals surface area contributed by atoms with Crippen LogP contribution in [0.3, 0.4) is 0 Å². The third-order valence-electron chi connectivity index (χ3n) is 4.78. The number of allylic oxidation sites excluding steroid dienone is 2. The SMILES string of the molecule is O=C1/C(=C\C=C\c2ccc([NH2+]O)cc2)c2ccccc2N1Cc1ccccc1. The minimum atomic E-state index is 0.0138. The average molecular weight is 369 g/mol. The quantitative estimate of drug-likeness (QED) is 0.407. The molecule has 0 unspecified atom stereocenters. The van der Waals surface area contributed by atoms with Gasteiger partial charge in [0.1, 0.15) is 0 Å². The molecular formula is C24H21N2O2+. The van der Waals surface area contributed by atoms with Gasteiger partial charge in [-0.05, 0) is 35.4 Å². The van der Waals surface area contributed by atoms with E-state index in [-0.39, 0.29) is 5.91 Å². The molecule has 0 radical (unpaired) electrons. The molecule has 1 heterocycles. The first kappa shape index (κ1) is 17.9. The van der Waals surface area contributed by atoms with Gasteiger partial charge in [0.05, 0.1) is 12.2 Å². The van der Waals surface area contributed by atoms with E-state index in [4.69, 9.17) is 5.21 Å². The summed E-state index contributed by atoms with van der Waals surface area (Å²) >= 11 is 0. The summed E-state index contributed by atoms with van der Waals surface area (Å²) in [7, 11) is 0. The van der Waals surface area contributed by atoms with Gasteiger partial charge in [-0.25, -0.2) is 5.21 Å². The molecular weight excluding hydrogens is 348 g/mol. The molecule has 0 saturated carbocycles. The molecule has 0 saturated heterocycles. The highest BCUT2D eigenvalue weighted by atomic mass is 16.5. The molecule has 0 bridgehead atoms. The maximum atomic E-state index is 13.1. The number of amides is 1. The molecule has 0 aromatic heterocycles. The summed E-state index contributed by atoms with van der Waals surface area (Å²) < 4.78 is 0. The first-order valence-corrected chi connectivity index (χ1v) is 9.17.